The van der Waals surface area contributed by atoms with Crippen molar-refractivity contribution in [3.05, 3.63) is 28.3 Å². The Morgan fingerprint density at radius 3 is 2.42 bits per heavy atom. The fourth-order valence-electron chi connectivity index (χ4n) is 3.72. The first-order chi connectivity index (χ1) is 12.2. The van der Waals surface area contributed by atoms with Gasteiger partial charge in [-0.05, 0) is 56.0 Å². The third kappa shape index (κ3) is 4.38. The van der Waals surface area contributed by atoms with Crippen LogP contribution in [0.2, 0.25) is 5.02 Å². The molecule has 2 saturated heterocycles. The monoisotopic (exact) mass is 378 g/mol. The number of likely N-dealkylation sites (tertiary alicyclic amines) is 1. The van der Waals surface area contributed by atoms with Gasteiger partial charge in [0.25, 0.3) is 0 Å². The molecule has 2 aliphatic rings. The highest BCUT2D eigenvalue weighted by Gasteiger charge is 2.37. The Morgan fingerprint density at radius 2 is 1.81 bits per heavy atom. The molecule has 1 aromatic carbocycles. The lowest BCUT2D eigenvalue weighted by atomic mass is 9.81. The number of aryl methyl sites for hydroxylation is 1. The van der Waals surface area contributed by atoms with Gasteiger partial charge in [-0.2, -0.15) is 0 Å². The number of benzene rings is 1. The summed E-state index contributed by atoms with van der Waals surface area (Å²) in [6.07, 6.45) is 2.78. The predicted octanol–water partition coefficient (Wildman–Crippen LogP) is 3.45. The average molecular weight is 379 g/mol. The SMILES string of the molecule is Cc1cc(Cl)cc(CN2C(=O)CC(C)(C)CC2=O)c1OC1CCNCC1. The van der Waals surface area contributed by atoms with E-state index >= 15 is 0 Å². The first kappa shape index (κ1) is 19.2. The summed E-state index contributed by atoms with van der Waals surface area (Å²) in [5.41, 5.74) is 1.46. The molecule has 1 N–H and O–H groups in total. The number of amides is 2. The summed E-state index contributed by atoms with van der Waals surface area (Å²) in [6, 6.07) is 3.68. The second-order valence-corrected chi connectivity index (χ2v) is 8.61. The van der Waals surface area contributed by atoms with Crippen molar-refractivity contribution >= 4 is 23.4 Å². The van der Waals surface area contributed by atoms with Gasteiger partial charge in [0, 0.05) is 23.4 Å². The Hall–Kier alpha value is -1.59. The highest BCUT2D eigenvalue weighted by molar-refractivity contribution is 6.30. The van der Waals surface area contributed by atoms with Crippen LogP contribution in [0.15, 0.2) is 12.1 Å². The zero-order chi connectivity index (χ0) is 18.9. The van der Waals surface area contributed by atoms with Gasteiger partial charge in [-0.15, -0.1) is 0 Å². The summed E-state index contributed by atoms with van der Waals surface area (Å²) >= 11 is 6.25. The van der Waals surface area contributed by atoms with Crippen LogP contribution in [0.1, 0.15) is 50.7 Å². The van der Waals surface area contributed by atoms with Gasteiger partial charge in [-0.3, -0.25) is 14.5 Å². The van der Waals surface area contributed by atoms with Crippen molar-refractivity contribution in [2.24, 2.45) is 5.41 Å². The van der Waals surface area contributed by atoms with Crippen molar-refractivity contribution in [1.82, 2.24) is 10.2 Å². The molecule has 6 heteroatoms. The quantitative estimate of drug-likeness (QED) is 0.815. The minimum Gasteiger partial charge on any atom is -0.490 e. The third-order valence-corrected chi connectivity index (χ3v) is 5.30. The van der Waals surface area contributed by atoms with E-state index in [4.69, 9.17) is 16.3 Å². The molecule has 0 aromatic heterocycles. The van der Waals surface area contributed by atoms with E-state index in [-0.39, 0.29) is 29.9 Å². The largest absolute Gasteiger partial charge is 0.490 e. The van der Waals surface area contributed by atoms with E-state index in [0.29, 0.717) is 17.9 Å². The van der Waals surface area contributed by atoms with Gasteiger partial charge < -0.3 is 10.1 Å². The minimum atomic E-state index is -0.274. The first-order valence-corrected chi connectivity index (χ1v) is 9.62. The molecule has 26 heavy (non-hydrogen) atoms. The minimum absolute atomic E-state index is 0.128. The molecule has 2 heterocycles. The van der Waals surface area contributed by atoms with Crippen LogP contribution in [0.25, 0.3) is 0 Å². The maximum Gasteiger partial charge on any atom is 0.230 e. The van der Waals surface area contributed by atoms with Crippen LogP contribution in [0.5, 0.6) is 5.75 Å². The molecule has 1 aromatic rings. The van der Waals surface area contributed by atoms with E-state index < -0.39 is 0 Å². The van der Waals surface area contributed by atoms with Crippen molar-refractivity contribution in [1.29, 1.82) is 0 Å². The molecule has 0 atom stereocenters. The summed E-state index contributed by atoms with van der Waals surface area (Å²) in [6.45, 7) is 7.95. The molecule has 0 spiro atoms. The Morgan fingerprint density at radius 1 is 1.19 bits per heavy atom. The molecule has 2 aliphatic heterocycles. The average Bonchev–Trinajstić information content (AvgIpc) is 2.54. The number of nitrogens with zero attached hydrogens (tertiary/aromatic N) is 1. The van der Waals surface area contributed by atoms with Crippen molar-refractivity contribution in [2.75, 3.05) is 13.1 Å². The number of nitrogens with one attached hydrogen (secondary N) is 1. The highest BCUT2D eigenvalue weighted by atomic mass is 35.5. The van der Waals surface area contributed by atoms with Crippen LogP contribution in [0.3, 0.4) is 0 Å². The van der Waals surface area contributed by atoms with Gasteiger partial charge in [-0.25, -0.2) is 0 Å². The van der Waals surface area contributed by atoms with E-state index in [9.17, 15) is 9.59 Å². The number of carbonyl (C=O) groups excluding carboxylic acids is 2. The first-order valence-electron chi connectivity index (χ1n) is 9.25. The van der Waals surface area contributed by atoms with Gasteiger partial charge >= 0.3 is 0 Å². The molecule has 0 unspecified atom stereocenters. The van der Waals surface area contributed by atoms with E-state index in [1.165, 1.54) is 4.90 Å². The van der Waals surface area contributed by atoms with E-state index in [0.717, 1.165) is 42.8 Å². The van der Waals surface area contributed by atoms with Crippen molar-refractivity contribution in [3.63, 3.8) is 0 Å². The molecule has 0 bridgehead atoms. The second-order valence-electron chi connectivity index (χ2n) is 8.17. The summed E-state index contributed by atoms with van der Waals surface area (Å²) in [5, 5.41) is 3.92. The maximum absolute atomic E-state index is 12.5. The van der Waals surface area contributed by atoms with Gasteiger partial charge in [-0.1, -0.05) is 25.4 Å². The van der Waals surface area contributed by atoms with Crippen LogP contribution in [-0.4, -0.2) is 35.9 Å². The number of carbonyl (C=O) groups is 2. The molecular weight excluding hydrogens is 352 g/mol. The van der Waals surface area contributed by atoms with Crippen molar-refractivity contribution in [2.45, 2.75) is 59.1 Å². The van der Waals surface area contributed by atoms with Gasteiger partial charge in [0.2, 0.25) is 11.8 Å². The second kappa shape index (κ2) is 7.57. The lowest BCUT2D eigenvalue weighted by molar-refractivity contribution is -0.153. The lowest BCUT2D eigenvalue weighted by Gasteiger charge is -2.35. The summed E-state index contributed by atoms with van der Waals surface area (Å²) in [5.74, 6) is 0.500. The number of ether oxygens (including phenoxy) is 1. The zero-order valence-corrected chi connectivity index (χ0v) is 16.5. The van der Waals surface area contributed by atoms with Crippen molar-refractivity contribution < 1.29 is 14.3 Å². The number of piperidine rings is 2. The summed E-state index contributed by atoms with van der Waals surface area (Å²) in [7, 11) is 0. The molecule has 0 radical (unpaired) electrons. The maximum atomic E-state index is 12.5. The van der Waals surface area contributed by atoms with E-state index in [1.54, 1.807) is 0 Å². The molecule has 2 fully saturated rings. The number of imide groups is 1. The molecular formula is C20H27ClN2O3. The smallest absolute Gasteiger partial charge is 0.230 e. The predicted molar refractivity (Wildman–Crippen MR) is 101 cm³/mol. The van der Waals surface area contributed by atoms with Crippen LogP contribution < -0.4 is 10.1 Å². The van der Waals surface area contributed by atoms with Crippen LogP contribution in [-0.2, 0) is 16.1 Å². The fraction of sp³-hybridized carbons (Fsp3) is 0.600. The fourth-order valence-corrected chi connectivity index (χ4v) is 4.02. The summed E-state index contributed by atoms with van der Waals surface area (Å²) < 4.78 is 6.28. The van der Waals surface area contributed by atoms with Crippen LogP contribution in [0.4, 0.5) is 0 Å². The normalized spacial score (nSPS) is 21.2. The number of halogens is 1. The zero-order valence-electron chi connectivity index (χ0n) is 15.7. The van der Waals surface area contributed by atoms with Gasteiger partial charge in [0.1, 0.15) is 11.9 Å². The van der Waals surface area contributed by atoms with Crippen LogP contribution >= 0.6 is 11.6 Å². The van der Waals surface area contributed by atoms with Crippen LogP contribution in [0, 0.1) is 12.3 Å². The molecule has 5 nitrogen and oxygen atoms in total. The topological polar surface area (TPSA) is 58.6 Å². The molecule has 0 aliphatic carbocycles. The third-order valence-electron chi connectivity index (χ3n) is 5.08. The molecule has 0 saturated carbocycles. The van der Waals surface area contributed by atoms with Gasteiger partial charge in [0.05, 0.1) is 6.54 Å². The summed E-state index contributed by atoms with van der Waals surface area (Å²) in [4.78, 5) is 26.4. The Labute approximate surface area is 160 Å². The molecule has 3 rings (SSSR count). The Balaban J connectivity index is 1.84. The van der Waals surface area contributed by atoms with Crippen molar-refractivity contribution in [3.8, 4) is 5.75 Å². The number of hydrogen-bond acceptors (Lipinski definition) is 4. The highest BCUT2D eigenvalue weighted by Crippen LogP contribution is 2.35. The standard InChI is InChI=1S/C20H27ClN2O3/c1-13-8-15(21)9-14(19(13)26-16-4-6-22-7-5-16)12-23-17(24)10-20(2,3)11-18(23)25/h8-9,16,22H,4-7,10-12H2,1-3H3. The Bertz CT molecular complexity index is 691. The van der Waals surface area contributed by atoms with Gasteiger partial charge in [0.15, 0.2) is 0 Å². The number of hydrogen-bond donors (Lipinski definition) is 1. The molecule has 142 valence electrons. The molecule has 2 amide bonds. The lowest BCUT2D eigenvalue weighted by Crippen LogP contribution is -2.45. The Kier molecular flexibility index (Phi) is 5.58. The van der Waals surface area contributed by atoms with E-state index in [2.05, 4.69) is 5.32 Å². The van der Waals surface area contributed by atoms with E-state index in [1.807, 2.05) is 32.9 Å². The number of rotatable bonds is 4.